The Balaban J connectivity index is 3.13. The SMILES string of the molecule is CCCC(=O)N(c1cccc(OC(F)(F)F)c1)C(CC)CC. The van der Waals surface area contributed by atoms with E-state index in [4.69, 9.17) is 0 Å². The molecule has 0 atom stereocenters. The van der Waals surface area contributed by atoms with Crippen LogP contribution in [0.3, 0.4) is 0 Å². The van der Waals surface area contributed by atoms with Crippen molar-refractivity contribution in [3.8, 4) is 5.75 Å². The van der Waals surface area contributed by atoms with Crippen LogP contribution in [0.4, 0.5) is 18.9 Å². The molecule has 0 heterocycles. The summed E-state index contributed by atoms with van der Waals surface area (Å²) in [6, 6.07) is 5.55. The van der Waals surface area contributed by atoms with E-state index in [2.05, 4.69) is 4.74 Å². The molecule has 124 valence electrons. The van der Waals surface area contributed by atoms with Gasteiger partial charge in [-0.2, -0.15) is 0 Å². The van der Waals surface area contributed by atoms with E-state index < -0.39 is 6.36 Å². The van der Waals surface area contributed by atoms with E-state index in [1.165, 1.54) is 18.2 Å². The number of carbonyl (C=O) groups excluding carboxylic acids is 1. The first-order valence-electron chi connectivity index (χ1n) is 7.50. The van der Waals surface area contributed by atoms with Gasteiger partial charge in [-0.25, -0.2) is 0 Å². The summed E-state index contributed by atoms with van der Waals surface area (Å²) >= 11 is 0. The van der Waals surface area contributed by atoms with Crippen molar-refractivity contribution in [2.24, 2.45) is 0 Å². The second kappa shape index (κ2) is 8.06. The summed E-state index contributed by atoms with van der Waals surface area (Å²) in [6.07, 6.45) is -2.23. The van der Waals surface area contributed by atoms with Crippen molar-refractivity contribution in [3.63, 3.8) is 0 Å². The zero-order chi connectivity index (χ0) is 16.8. The molecule has 1 aromatic carbocycles. The minimum atomic E-state index is -4.74. The quantitative estimate of drug-likeness (QED) is 0.715. The normalized spacial score (nSPS) is 11.6. The third kappa shape index (κ3) is 5.24. The predicted molar refractivity (Wildman–Crippen MR) is 79.9 cm³/mol. The Morgan fingerprint density at radius 3 is 2.36 bits per heavy atom. The molecule has 0 bridgehead atoms. The first-order chi connectivity index (χ1) is 10.3. The molecule has 0 saturated heterocycles. The van der Waals surface area contributed by atoms with Crippen molar-refractivity contribution in [2.75, 3.05) is 4.90 Å². The summed E-state index contributed by atoms with van der Waals surface area (Å²) in [5, 5.41) is 0. The summed E-state index contributed by atoms with van der Waals surface area (Å²) < 4.78 is 41.0. The van der Waals surface area contributed by atoms with Crippen LogP contribution in [0.15, 0.2) is 24.3 Å². The fraction of sp³-hybridized carbons (Fsp3) is 0.562. The van der Waals surface area contributed by atoms with Crippen molar-refractivity contribution in [1.82, 2.24) is 0 Å². The molecular formula is C16H22F3NO2. The molecule has 0 fully saturated rings. The number of rotatable bonds is 7. The molecule has 0 aliphatic rings. The lowest BCUT2D eigenvalue weighted by molar-refractivity contribution is -0.274. The Bertz CT molecular complexity index is 485. The standard InChI is InChI=1S/C16H22F3NO2/c1-4-8-15(21)20(12(5-2)6-3)13-9-7-10-14(11-13)22-16(17,18)19/h7,9-12H,4-6,8H2,1-3H3. The zero-order valence-electron chi connectivity index (χ0n) is 13.1. The molecule has 0 aliphatic carbocycles. The number of nitrogens with zero attached hydrogens (tertiary/aromatic N) is 1. The molecule has 0 aliphatic heterocycles. The van der Waals surface area contributed by atoms with Crippen molar-refractivity contribution in [3.05, 3.63) is 24.3 Å². The predicted octanol–water partition coefficient (Wildman–Crippen LogP) is 4.91. The Kier molecular flexibility index (Phi) is 6.71. The number of anilines is 1. The lowest BCUT2D eigenvalue weighted by atomic mass is 10.1. The van der Waals surface area contributed by atoms with Crippen LogP contribution in [0.2, 0.25) is 0 Å². The topological polar surface area (TPSA) is 29.5 Å². The number of halogens is 3. The van der Waals surface area contributed by atoms with E-state index in [1.54, 1.807) is 11.0 Å². The molecule has 1 amide bonds. The van der Waals surface area contributed by atoms with Gasteiger partial charge in [0.15, 0.2) is 0 Å². The molecule has 0 aromatic heterocycles. The molecule has 0 saturated carbocycles. The lowest BCUT2D eigenvalue weighted by Gasteiger charge is -2.31. The summed E-state index contributed by atoms with van der Waals surface area (Å²) in [5.74, 6) is -0.398. The summed E-state index contributed by atoms with van der Waals surface area (Å²) in [4.78, 5) is 14.0. The fourth-order valence-electron chi connectivity index (χ4n) is 2.38. The molecular weight excluding hydrogens is 295 g/mol. The molecule has 1 rings (SSSR count). The van der Waals surface area contributed by atoms with Gasteiger partial charge in [-0.15, -0.1) is 13.2 Å². The summed E-state index contributed by atoms with van der Waals surface area (Å²) in [5.41, 5.74) is 0.439. The number of ether oxygens (including phenoxy) is 1. The Labute approximate surface area is 129 Å². The van der Waals surface area contributed by atoms with E-state index in [0.29, 0.717) is 18.5 Å². The highest BCUT2D eigenvalue weighted by Gasteiger charge is 2.31. The molecule has 0 radical (unpaired) electrons. The molecule has 0 N–H and O–H groups in total. The van der Waals surface area contributed by atoms with Gasteiger partial charge in [-0.05, 0) is 31.4 Å². The monoisotopic (exact) mass is 317 g/mol. The van der Waals surface area contributed by atoms with E-state index in [1.807, 2.05) is 20.8 Å². The number of hydrogen-bond donors (Lipinski definition) is 0. The molecule has 1 aromatic rings. The van der Waals surface area contributed by atoms with Crippen LogP contribution in [0.5, 0.6) is 5.75 Å². The molecule has 22 heavy (non-hydrogen) atoms. The van der Waals surface area contributed by atoms with Crippen LogP contribution < -0.4 is 9.64 Å². The third-order valence-corrected chi connectivity index (χ3v) is 3.37. The van der Waals surface area contributed by atoms with Gasteiger partial charge in [0.05, 0.1) is 0 Å². The molecule has 0 unspecified atom stereocenters. The Morgan fingerprint density at radius 1 is 1.23 bits per heavy atom. The third-order valence-electron chi connectivity index (χ3n) is 3.37. The van der Waals surface area contributed by atoms with Crippen LogP contribution in [0.1, 0.15) is 46.5 Å². The smallest absolute Gasteiger partial charge is 0.406 e. The number of carbonyl (C=O) groups is 1. The maximum absolute atomic E-state index is 12.4. The second-order valence-corrected chi connectivity index (χ2v) is 5.03. The minimum Gasteiger partial charge on any atom is -0.406 e. The lowest BCUT2D eigenvalue weighted by Crippen LogP contribution is -2.39. The summed E-state index contributed by atoms with van der Waals surface area (Å²) in [7, 11) is 0. The van der Waals surface area contributed by atoms with Gasteiger partial charge in [0.1, 0.15) is 5.75 Å². The number of benzene rings is 1. The van der Waals surface area contributed by atoms with Gasteiger partial charge in [0, 0.05) is 24.2 Å². The van der Waals surface area contributed by atoms with Crippen molar-refractivity contribution in [2.45, 2.75) is 58.9 Å². The first kappa shape index (κ1) is 18.3. The Morgan fingerprint density at radius 2 is 1.86 bits per heavy atom. The van der Waals surface area contributed by atoms with Crippen LogP contribution in [0.25, 0.3) is 0 Å². The first-order valence-corrected chi connectivity index (χ1v) is 7.50. The van der Waals surface area contributed by atoms with Gasteiger partial charge in [-0.3, -0.25) is 4.79 Å². The number of amides is 1. The Hall–Kier alpha value is -1.72. The van der Waals surface area contributed by atoms with Crippen molar-refractivity contribution in [1.29, 1.82) is 0 Å². The maximum atomic E-state index is 12.4. The van der Waals surface area contributed by atoms with Crippen LogP contribution in [-0.4, -0.2) is 18.3 Å². The van der Waals surface area contributed by atoms with E-state index in [9.17, 15) is 18.0 Å². The average Bonchev–Trinajstić information content (AvgIpc) is 2.43. The van der Waals surface area contributed by atoms with Crippen LogP contribution in [-0.2, 0) is 4.79 Å². The minimum absolute atomic E-state index is 0.0415. The van der Waals surface area contributed by atoms with Gasteiger partial charge < -0.3 is 9.64 Å². The molecule has 0 spiro atoms. The highest BCUT2D eigenvalue weighted by atomic mass is 19.4. The van der Waals surface area contributed by atoms with Gasteiger partial charge >= 0.3 is 6.36 Å². The van der Waals surface area contributed by atoms with E-state index >= 15 is 0 Å². The van der Waals surface area contributed by atoms with Gasteiger partial charge in [0.2, 0.25) is 5.91 Å². The van der Waals surface area contributed by atoms with E-state index in [-0.39, 0.29) is 17.7 Å². The van der Waals surface area contributed by atoms with Gasteiger partial charge in [-0.1, -0.05) is 26.8 Å². The van der Waals surface area contributed by atoms with Crippen molar-refractivity contribution < 1.29 is 22.7 Å². The highest BCUT2D eigenvalue weighted by molar-refractivity contribution is 5.94. The van der Waals surface area contributed by atoms with Crippen LogP contribution in [0, 0.1) is 0 Å². The molecule has 3 nitrogen and oxygen atoms in total. The second-order valence-electron chi connectivity index (χ2n) is 5.03. The highest BCUT2D eigenvalue weighted by Crippen LogP contribution is 2.29. The van der Waals surface area contributed by atoms with Crippen molar-refractivity contribution >= 4 is 11.6 Å². The number of alkyl halides is 3. The zero-order valence-corrected chi connectivity index (χ0v) is 13.1. The fourth-order valence-corrected chi connectivity index (χ4v) is 2.38. The maximum Gasteiger partial charge on any atom is 0.573 e. The largest absolute Gasteiger partial charge is 0.573 e. The molecule has 6 heteroatoms. The van der Waals surface area contributed by atoms with E-state index in [0.717, 1.165) is 12.8 Å². The van der Waals surface area contributed by atoms with Gasteiger partial charge in [0.25, 0.3) is 0 Å². The summed E-state index contributed by atoms with van der Waals surface area (Å²) in [6.45, 7) is 5.80. The average molecular weight is 317 g/mol. The number of hydrogen-bond acceptors (Lipinski definition) is 2. The van der Waals surface area contributed by atoms with Crippen LogP contribution >= 0.6 is 0 Å².